The molecule has 3 aromatic rings. The highest BCUT2D eigenvalue weighted by Gasteiger charge is 2.23. The molecule has 0 spiro atoms. The first kappa shape index (κ1) is 22.5. The largest absolute Gasteiger partial charge is 0.385 e. The van der Waals surface area contributed by atoms with E-state index in [1.807, 2.05) is 18.2 Å². The number of para-hydroxylation sites is 1. The Morgan fingerprint density at radius 1 is 1.09 bits per heavy atom. The summed E-state index contributed by atoms with van der Waals surface area (Å²) in [5.74, 6) is 8.96. The van der Waals surface area contributed by atoms with Crippen molar-refractivity contribution in [2.75, 3.05) is 42.9 Å². The lowest BCUT2D eigenvalue weighted by Gasteiger charge is -2.36. The van der Waals surface area contributed by atoms with E-state index in [2.05, 4.69) is 51.1 Å². The fraction of sp³-hybridized carbons (Fsp3) is 0.391. The minimum atomic E-state index is 0.135. The Labute approximate surface area is 192 Å². The van der Waals surface area contributed by atoms with Crippen molar-refractivity contribution in [1.29, 1.82) is 5.41 Å². The van der Waals surface area contributed by atoms with Gasteiger partial charge in [0.2, 0.25) is 0 Å². The van der Waals surface area contributed by atoms with Crippen LogP contribution in [0.1, 0.15) is 23.4 Å². The highest BCUT2D eigenvalue weighted by Crippen LogP contribution is 2.31. The predicted molar refractivity (Wildman–Crippen MR) is 134 cm³/mol. The van der Waals surface area contributed by atoms with Crippen LogP contribution in [0.4, 0.5) is 11.4 Å². The van der Waals surface area contributed by atoms with E-state index in [1.165, 1.54) is 22.5 Å². The van der Waals surface area contributed by atoms with Crippen LogP contribution in [0, 0.1) is 11.3 Å². The highest BCUT2D eigenvalue weighted by atomic mass is 32.1. The summed E-state index contributed by atoms with van der Waals surface area (Å²) in [4.78, 5) is 9.62. The lowest BCUT2D eigenvalue weighted by molar-refractivity contribution is 0.249. The van der Waals surface area contributed by atoms with Crippen molar-refractivity contribution in [3.63, 3.8) is 0 Å². The summed E-state index contributed by atoms with van der Waals surface area (Å²) in [5.41, 5.74) is 10.0. The molecule has 0 amide bonds. The van der Waals surface area contributed by atoms with Crippen molar-refractivity contribution >= 4 is 38.8 Å². The van der Waals surface area contributed by atoms with Gasteiger partial charge in [0, 0.05) is 49.7 Å². The van der Waals surface area contributed by atoms with Crippen LogP contribution in [0.5, 0.6) is 0 Å². The molecule has 1 aliphatic carbocycles. The van der Waals surface area contributed by atoms with Crippen LogP contribution in [-0.4, -0.2) is 48.4 Å². The van der Waals surface area contributed by atoms with Gasteiger partial charge >= 0.3 is 0 Å². The molecule has 1 saturated heterocycles. The SMILES string of the molecule is N=C(N)c1ccc(NCC2CC2)cc1N1CCN(Cc2nc3ccccc3s2)CC1.NN. The summed E-state index contributed by atoms with van der Waals surface area (Å²) in [6.45, 7) is 5.75. The number of nitrogens with zero attached hydrogens (tertiary/aromatic N) is 3. The van der Waals surface area contributed by atoms with Crippen molar-refractivity contribution in [3.8, 4) is 0 Å². The zero-order valence-corrected chi connectivity index (χ0v) is 19.1. The molecule has 8 nitrogen and oxygen atoms in total. The number of rotatable bonds is 7. The summed E-state index contributed by atoms with van der Waals surface area (Å²) >= 11 is 1.79. The predicted octanol–water partition coefficient (Wildman–Crippen LogP) is 2.54. The van der Waals surface area contributed by atoms with Crippen molar-refractivity contribution < 1.29 is 0 Å². The lowest BCUT2D eigenvalue weighted by Crippen LogP contribution is -2.46. The minimum absolute atomic E-state index is 0.135. The Balaban J connectivity index is 0.00000119. The van der Waals surface area contributed by atoms with E-state index in [9.17, 15) is 0 Å². The molecule has 5 rings (SSSR count). The van der Waals surface area contributed by atoms with E-state index in [4.69, 9.17) is 16.1 Å². The second-order valence-corrected chi connectivity index (χ2v) is 9.42. The van der Waals surface area contributed by atoms with E-state index in [1.54, 1.807) is 11.3 Å². The van der Waals surface area contributed by atoms with Crippen LogP contribution in [0.2, 0.25) is 0 Å². The molecule has 32 heavy (non-hydrogen) atoms. The first-order valence-electron chi connectivity index (χ1n) is 11.0. The average Bonchev–Trinajstić information content (AvgIpc) is 3.57. The van der Waals surface area contributed by atoms with E-state index in [0.717, 1.165) is 67.6 Å². The van der Waals surface area contributed by atoms with Gasteiger partial charge in [-0.3, -0.25) is 22.0 Å². The van der Waals surface area contributed by atoms with Gasteiger partial charge in [-0.15, -0.1) is 11.3 Å². The number of thiazole rings is 1. The molecule has 2 heterocycles. The molecule has 0 radical (unpaired) electrons. The second-order valence-electron chi connectivity index (χ2n) is 8.31. The van der Waals surface area contributed by atoms with Crippen molar-refractivity contribution in [2.24, 2.45) is 23.3 Å². The maximum atomic E-state index is 8.00. The highest BCUT2D eigenvalue weighted by molar-refractivity contribution is 7.18. The van der Waals surface area contributed by atoms with Crippen LogP contribution >= 0.6 is 11.3 Å². The van der Waals surface area contributed by atoms with Crippen LogP contribution < -0.4 is 27.6 Å². The van der Waals surface area contributed by atoms with Gasteiger partial charge in [-0.2, -0.15) is 0 Å². The van der Waals surface area contributed by atoms with Gasteiger partial charge < -0.3 is 16.0 Å². The Bertz CT molecular complexity index is 1020. The number of fused-ring (bicyclic) bond motifs is 1. The fourth-order valence-corrected chi connectivity index (χ4v) is 5.05. The molecule has 1 aromatic heterocycles. The standard InChI is InChI=1S/C23H28N6S.H4N2/c24-23(25)18-8-7-17(26-14-16-5-6-16)13-20(18)29-11-9-28(10-12-29)15-22-27-19-3-1-2-4-21(19)30-22;1-2/h1-4,7-8,13,16,26H,5-6,9-12,14-15H2,(H3,24,25);1-2H2. The second kappa shape index (κ2) is 10.3. The van der Waals surface area contributed by atoms with E-state index < -0.39 is 0 Å². The molecular formula is C23H32N8S. The third-order valence-electron chi connectivity index (χ3n) is 5.99. The molecule has 2 aromatic carbocycles. The zero-order chi connectivity index (χ0) is 22.5. The van der Waals surface area contributed by atoms with E-state index in [-0.39, 0.29) is 5.84 Å². The number of hydrazine groups is 1. The summed E-state index contributed by atoms with van der Waals surface area (Å²) in [6, 6.07) is 14.5. The normalized spacial score (nSPS) is 16.5. The molecular weight excluding hydrogens is 420 g/mol. The van der Waals surface area contributed by atoms with Crippen LogP contribution in [0.15, 0.2) is 42.5 Å². The number of piperazine rings is 1. The lowest BCUT2D eigenvalue weighted by atomic mass is 10.1. The molecule has 2 aliphatic rings. The van der Waals surface area contributed by atoms with Gasteiger partial charge in [-0.05, 0) is 49.1 Å². The number of hydrogen-bond acceptors (Lipinski definition) is 8. The van der Waals surface area contributed by atoms with E-state index in [0.29, 0.717) is 0 Å². The zero-order valence-electron chi connectivity index (χ0n) is 18.3. The number of anilines is 2. The summed E-state index contributed by atoms with van der Waals surface area (Å²) < 4.78 is 1.26. The number of amidine groups is 1. The Kier molecular flexibility index (Phi) is 7.21. The number of aromatic nitrogens is 1. The summed E-state index contributed by atoms with van der Waals surface area (Å²) in [5, 5.41) is 12.7. The first-order valence-corrected chi connectivity index (χ1v) is 11.8. The number of nitrogens with one attached hydrogen (secondary N) is 2. The third-order valence-corrected chi connectivity index (χ3v) is 7.01. The summed E-state index contributed by atoms with van der Waals surface area (Å²) in [6.07, 6.45) is 2.67. The first-order chi connectivity index (χ1) is 15.7. The molecule has 2 fully saturated rings. The van der Waals surface area contributed by atoms with Gasteiger partial charge in [0.15, 0.2) is 0 Å². The van der Waals surface area contributed by atoms with Crippen molar-refractivity contribution in [2.45, 2.75) is 19.4 Å². The van der Waals surface area contributed by atoms with Crippen LogP contribution in [0.3, 0.4) is 0 Å². The van der Waals surface area contributed by atoms with E-state index >= 15 is 0 Å². The smallest absolute Gasteiger partial charge is 0.124 e. The molecule has 0 unspecified atom stereocenters. The summed E-state index contributed by atoms with van der Waals surface area (Å²) in [7, 11) is 0. The molecule has 9 heteroatoms. The maximum absolute atomic E-state index is 8.00. The average molecular weight is 453 g/mol. The molecule has 170 valence electrons. The van der Waals surface area contributed by atoms with Gasteiger partial charge in [0.1, 0.15) is 10.8 Å². The van der Waals surface area contributed by atoms with Crippen molar-refractivity contribution in [1.82, 2.24) is 9.88 Å². The quantitative estimate of drug-likeness (QED) is 0.161. The van der Waals surface area contributed by atoms with Gasteiger partial charge in [0.25, 0.3) is 0 Å². The number of hydrogen-bond donors (Lipinski definition) is 5. The van der Waals surface area contributed by atoms with Gasteiger partial charge in [-0.25, -0.2) is 4.98 Å². The Morgan fingerprint density at radius 3 is 2.53 bits per heavy atom. The topological polar surface area (TPSA) is 133 Å². The minimum Gasteiger partial charge on any atom is -0.385 e. The molecule has 8 N–H and O–H groups in total. The van der Waals surface area contributed by atoms with Gasteiger partial charge in [0.05, 0.1) is 16.8 Å². The molecule has 0 atom stereocenters. The molecule has 1 aliphatic heterocycles. The number of nitrogen functional groups attached to an aromatic ring is 1. The monoisotopic (exact) mass is 452 g/mol. The fourth-order valence-electron chi connectivity index (χ4n) is 4.04. The number of benzene rings is 2. The third kappa shape index (κ3) is 5.36. The van der Waals surface area contributed by atoms with Crippen molar-refractivity contribution in [3.05, 3.63) is 53.0 Å². The molecule has 1 saturated carbocycles. The number of nitrogens with two attached hydrogens (primary N) is 3. The Hall–Kier alpha value is -2.72. The Morgan fingerprint density at radius 2 is 1.84 bits per heavy atom. The maximum Gasteiger partial charge on any atom is 0.124 e. The van der Waals surface area contributed by atoms with Crippen LogP contribution in [0.25, 0.3) is 10.2 Å². The van der Waals surface area contributed by atoms with Gasteiger partial charge in [-0.1, -0.05) is 12.1 Å². The van der Waals surface area contributed by atoms with Crippen LogP contribution in [-0.2, 0) is 6.54 Å². The molecule has 0 bridgehead atoms.